The van der Waals surface area contributed by atoms with Crippen molar-refractivity contribution in [3.8, 4) is 0 Å². The van der Waals surface area contributed by atoms with Crippen molar-refractivity contribution in [2.24, 2.45) is 5.10 Å². The number of furan rings is 1. The van der Waals surface area contributed by atoms with Crippen molar-refractivity contribution in [2.45, 2.75) is 6.92 Å². The number of nitrogens with zero attached hydrogens (tertiary/aromatic N) is 1. The van der Waals surface area contributed by atoms with Crippen molar-refractivity contribution in [3.63, 3.8) is 0 Å². The van der Waals surface area contributed by atoms with Crippen LogP contribution < -0.4 is 10.7 Å². The average molecular weight is 344 g/mol. The lowest BCUT2D eigenvalue weighted by Gasteiger charge is -2.07. The van der Waals surface area contributed by atoms with Gasteiger partial charge in [-0.05, 0) is 55.5 Å². The van der Waals surface area contributed by atoms with E-state index < -0.39 is 0 Å². The number of hydrogen-bond donors (Lipinski definition) is 2. The van der Waals surface area contributed by atoms with Crippen LogP contribution in [-0.4, -0.2) is 10.8 Å². The van der Waals surface area contributed by atoms with Gasteiger partial charge < -0.3 is 9.73 Å². The number of halogens is 1. The molecule has 116 valence electrons. The number of para-hydroxylation sites is 1. The van der Waals surface area contributed by atoms with E-state index in [0.29, 0.717) is 21.6 Å². The number of rotatable bonds is 3. The summed E-state index contributed by atoms with van der Waals surface area (Å²) in [6.07, 6.45) is 0. The molecule has 0 fully saturated rings. The lowest BCUT2D eigenvalue weighted by Crippen LogP contribution is -2.24. The van der Waals surface area contributed by atoms with Crippen LogP contribution in [0, 0.1) is 0 Å². The monoisotopic (exact) mass is 343 g/mol. The highest BCUT2D eigenvalue weighted by Gasteiger charge is 2.06. The van der Waals surface area contributed by atoms with Crippen LogP contribution in [-0.2, 0) is 0 Å². The maximum Gasteiger partial charge on any atom is 0.191 e. The second-order valence-electron chi connectivity index (χ2n) is 4.92. The van der Waals surface area contributed by atoms with Gasteiger partial charge in [0.05, 0.1) is 0 Å². The van der Waals surface area contributed by atoms with Gasteiger partial charge in [-0.1, -0.05) is 29.8 Å². The third-order valence-corrected chi connectivity index (χ3v) is 3.65. The maximum atomic E-state index is 5.84. The van der Waals surface area contributed by atoms with Gasteiger partial charge in [0, 0.05) is 16.1 Å². The quantitative estimate of drug-likeness (QED) is 0.407. The smallest absolute Gasteiger partial charge is 0.191 e. The topological polar surface area (TPSA) is 49.6 Å². The van der Waals surface area contributed by atoms with Crippen LogP contribution >= 0.6 is 23.8 Å². The van der Waals surface area contributed by atoms with Crippen LogP contribution in [0.25, 0.3) is 11.0 Å². The van der Waals surface area contributed by atoms with Crippen molar-refractivity contribution in [1.29, 1.82) is 0 Å². The number of benzene rings is 2. The summed E-state index contributed by atoms with van der Waals surface area (Å²) < 4.78 is 5.74. The Bertz CT molecular complexity index is 838. The van der Waals surface area contributed by atoms with Crippen molar-refractivity contribution in [2.75, 3.05) is 5.32 Å². The molecular weight excluding hydrogens is 330 g/mol. The minimum atomic E-state index is 0.391. The molecular formula is C17H14ClN3OS. The number of anilines is 1. The Morgan fingerprint density at radius 1 is 1.13 bits per heavy atom. The molecule has 0 aliphatic carbocycles. The van der Waals surface area contributed by atoms with E-state index in [1.165, 1.54) is 0 Å². The Hall–Kier alpha value is -2.37. The summed E-state index contributed by atoms with van der Waals surface area (Å²) in [5.41, 5.74) is 5.18. The zero-order valence-corrected chi connectivity index (χ0v) is 13.9. The van der Waals surface area contributed by atoms with Crippen molar-refractivity contribution in [1.82, 2.24) is 5.43 Å². The molecule has 0 unspecified atom stereocenters. The van der Waals surface area contributed by atoms with E-state index in [1.807, 2.05) is 49.4 Å². The summed E-state index contributed by atoms with van der Waals surface area (Å²) in [5, 5.41) is 9.38. The highest BCUT2D eigenvalue weighted by molar-refractivity contribution is 7.80. The summed E-state index contributed by atoms with van der Waals surface area (Å²) >= 11 is 11.1. The van der Waals surface area contributed by atoms with Gasteiger partial charge in [0.25, 0.3) is 0 Å². The highest BCUT2D eigenvalue weighted by atomic mass is 35.5. The Morgan fingerprint density at radius 2 is 1.87 bits per heavy atom. The molecule has 2 aromatic carbocycles. The molecule has 6 heteroatoms. The second kappa shape index (κ2) is 6.81. The number of hydrogen-bond acceptors (Lipinski definition) is 3. The summed E-state index contributed by atoms with van der Waals surface area (Å²) in [7, 11) is 0. The Morgan fingerprint density at radius 3 is 2.61 bits per heavy atom. The molecule has 0 saturated heterocycles. The van der Waals surface area contributed by atoms with Crippen LogP contribution in [0.4, 0.5) is 5.69 Å². The van der Waals surface area contributed by atoms with Crippen LogP contribution in [0.15, 0.2) is 64.1 Å². The van der Waals surface area contributed by atoms with Crippen LogP contribution in [0.2, 0.25) is 5.02 Å². The largest absolute Gasteiger partial charge is 0.455 e. The predicted molar refractivity (Wildman–Crippen MR) is 99.2 cm³/mol. The third kappa shape index (κ3) is 3.88. The number of thiocarbonyl (C=S) groups is 1. The fraction of sp³-hybridized carbons (Fsp3) is 0.0588. The minimum Gasteiger partial charge on any atom is -0.455 e. The first-order valence-corrected chi connectivity index (χ1v) is 7.76. The Labute approximate surface area is 144 Å². The molecule has 0 radical (unpaired) electrons. The molecule has 23 heavy (non-hydrogen) atoms. The van der Waals surface area contributed by atoms with E-state index in [2.05, 4.69) is 15.8 Å². The summed E-state index contributed by atoms with van der Waals surface area (Å²) in [6, 6.07) is 17.0. The second-order valence-corrected chi connectivity index (χ2v) is 5.76. The zero-order chi connectivity index (χ0) is 16.2. The van der Waals surface area contributed by atoms with Gasteiger partial charge in [0.2, 0.25) is 0 Å². The van der Waals surface area contributed by atoms with Gasteiger partial charge in [-0.2, -0.15) is 5.10 Å². The first-order valence-electron chi connectivity index (χ1n) is 6.97. The normalized spacial score (nSPS) is 11.5. The first kappa shape index (κ1) is 15.5. The predicted octanol–water partition coefficient (Wildman–Crippen LogP) is 4.80. The van der Waals surface area contributed by atoms with Gasteiger partial charge in [-0.25, -0.2) is 0 Å². The van der Waals surface area contributed by atoms with E-state index in [-0.39, 0.29) is 0 Å². The molecule has 1 aromatic heterocycles. The number of fused-ring (bicyclic) bond motifs is 1. The molecule has 0 spiro atoms. The van der Waals surface area contributed by atoms with Gasteiger partial charge in [0.15, 0.2) is 10.9 Å². The van der Waals surface area contributed by atoms with Crippen molar-refractivity contribution < 1.29 is 4.42 Å². The average Bonchev–Trinajstić information content (AvgIpc) is 2.99. The van der Waals surface area contributed by atoms with E-state index in [0.717, 1.165) is 16.7 Å². The SMILES string of the molecule is C/C(=N\NC(=S)Nc1ccc(Cl)cc1)c1cc2ccccc2o1. The van der Waals surface area contributed by atoms with Crippen LogP contribution in [0.5, 0.6) is 0 Å². The summed E-state index contributed by atoms with van der Waals surface area (Å²) in [4.78, 5) is 0. The molecule has 0 aliphatic heterocycles. The van der Waals surface area contributed by atoms with E-state index >= 15 is 0 Å². The fourth-order valence-electron chi connectivity index (χ4n) is 2.04. The Kier molecular flexibility index (Phi) is 4.60. The molecule has 3 rings (SSSR count). The highest BCUT2D eigenvalue weighted by Crippen LogP contribution is 2.19. The number of hydrazone groups is 1. The number of nitrogens with one attached hydrogen (secondary N) is 2. The van der Waals surface area contributed by atoms with Gasteiger partial charge in [-0.15, -0.1) is 0 Å². The fourth-order valence-corrected chi connectivity index (χ4v) is 2.33. The van der Waals surface area contributed by atoms with E-state index in [4.69, 9.17) is 28.2 Å². The maximum absolute atomic E-state index is 5.84. The molecule has 0 bridgehead atoms. The van der Waals surface area contributed by atoms with E-state index in [9.17, 15) is 0 Å². The zero-order valence-electron chi connectivity index (χ0n) is 12.3. The van der Waals surface area contributed by atoms with Gasteiger partial charge in [0.1, 0.15) is 11.3 Å². The van der Waals surface area contributed by atoms with Gasteiger partial charge in [-0.3, -0.25) is 5.43 Å². The van der Waals surface area contributed by atoms with Gasteiger partial charge >= 0.3 is 0 Å². The molecule has 2 N–H and O–H groups in total. The standard InChI is InChI=1S/C17H14ClN3OS/c1-11(16-10-12-4-2-3-5-15(12)22-16)20-21-17(23)19-14-8-6-13(18)7-9-14/h2-10H,1H3,(H2,19,21,23)/b20-11+. The molecule has 0 aliphatic rings. The summed E-state index contributed by atoms with van der Waals surface area (Å²) in [5.74, 6) is 0.702. The molecule has 4 nitrogen and oxygen atoms in total. The molecule has 0 amide bonds. The Balaban J connectivity index is 1.66. The van der Waals surface area contributed by atoms with Crippen LogP contribution in [0.3, 0.4) is 0 Å². The molecule has 0 saturated carbocycles. The molecule has 3 aromatic rings. The first-order chi connectivity index (χ1) is 11.1. The molecule has 0 atom stereocenters. The van der Waals surface area contributed by atoms with Crippen molar-refractivity contribution in [3.05, 3.63) is 65.4 Å². The van der Waals surface area contributed by atoms with Crippen LogP contribution in [0.1, 0.15) is 12.7 Å². The summed E-state index contributed by atoms with van der Waals surface area (Å²) in [6.45, 7) is 1.86. The minimum absolute atomic E-state index is 0.391. The lowest BCUT2D eigenvalue weighted by atomic mass is 10.2. The molecule has 1 heterocycles. The lowest BCUT2D eigenvalue weighted by molar-refractivity contribution is 0.603. The van der Waals surface area contributed by atoms with Crippen molar-refractivity contribution >= 4 is 51.3 Å². The third-order valence-electron chi connectivity index (χ3n) is 3.21. The van der Waals surface area contributed by atoms with E-state index in [1.54, 1.807) is 12.1 Å².